The number of hydrogen-bond donors (Lipinski definition) is 3. The number of hydrogen-bond acceptors (Lipinski definition) is 4. The Balaban J connectivity index is 2.45. The molecular weight excluding hydrogens is 247 g/mol. The van der Waals surface area contributed by atoms with Crippen LogP contribution in [-0.2, 0) is 10.0 Å². The van der Waals surface area contributed by atoms with Crippen LogP contribution in [0.25, 0.3) is 0 Å². The Kier molecular flexibility index (Phi) is 2.72. The number of aromatic nitrogens is 2. The molecule has 0 unspecified atom stereocenters. The molecule has 1 aromatic heterocycles. The number of rotatable bonds is 3. The number of H-pyrrole nitrogens is 1. The van der Waals surface area contributed by atoms with E-state index in [4.69, 9.17) is 5.73 Å². The summed E-state index contributed by atoms with van der Waals surface area (Å²) in [7, 11) is -4.05. The Hall–Kier alpha value is -2.09. The van der Waals surface area contributed by atoms with Crippen molar-refractivity contribution in [3.63, 3.8) is 0 Å². The van der Waals surface area contributed by atoms with E-state index in [1.807, 2.05) is 0 Å². The smallest absolute Gasteiger partial charge is 0.266 e. The molecule has 0 spiro atoms. The second-order valence-electron chi connectivity index (χ2n) is 3.25. The van der Waals surface area contributed by atoms with Gasteiger partial charge in [-0.25, -0.2) is 12.8 Å². The van der Waals surface area contributed by atoms with Crippen molar-refractivity contribution in [1.82, 2.24) is 10.2 Å². The highest BCUT2D eigenvalue weighted by Gasteiger charge is 2.22. The summed E-state index contributed by atoms with van der Waals surface area (Å²) in [5.74, 6) is -0.902. The molecule has 0 radical (unpaired) electrons. The van der Waals surface area contributed by atoms with E-state index < -0.39 is 20.7 Å². The average molecular weight is 256 g/mol. The lowest BCUT2D eigenvalue weighted by atomic mass is 10.3. The van der Waals surface area contributed by atoms with Crippen LogP contribution >= 0.6 is 0 Å². The van der Waals surface area contributed by atoms with Crippen LogP contribution in [0.4, 0.5) is 15.8 Å². The molecule has 0 aliphatic heterocycles. The van der Waals surface area contributed by atoms with Crippen molar-refractivity contribution in [2.24, 2.45) is 0 Å². The number of halogens is 1. The number of nitrogens with two attached hydrogens (primary N) is 1. The van der Waals surface area contributed by atoms with Crippen molar-refractivity contribution in [3.05, 3.63) is 36.4 Å². The van der Waals surface area contributed by atoms with E-state index in [1.54, 1.807) is 0 Å². The third-order valence-corrected chi connectivity index (χ3v) is 3.49. The molecule has 0 amide bonds. The van der Waals surface area contributed by atoms with Crippen LogP contribution < -0.4 is 10.5 Å². The van der Waals surface area contributed by atoms with E-state index in [-0.39, 0.29) is 11.4 Å². The van der Waals surface area contributed by atoms with Gasteiger partial charge in [-0.1, -0.05) is 6.07 Å². The van der Waals surface area contributed by atoms with Crippen LogP contribution in [-0.4, -0.2) is 18.6 Å². The number of anilines is 2. The van der Waals surface area contributed by atoms with Crippen molar-refractivity contribution in [2.45, 2.75) is 4.90 Å². The molecule has 0 fully saturated rings. The summed E-state index contributed by atoms with van der Waals surface area (Å²) in [6.45, 7) is 0. The highest BCUT2D eigenvalue weighted by atomic mass is 32.2. The topological polar surface area (TPSA) is 101 Å². The second kappa shape index (κ2) is 4.06. The van der Waals surface area contributed by atoms with Crippen LogP contribution in [0.5, 0.6) is 0 Å². The molecule has 0 atom stereocenters. The number of nitrogens with one attached hydrogen (secondary N) is 2. The molecule has 0 bridgehead atoms. The molecule has 0 saturated carbocycles. The summed E-state index contributed by atoms with van der Waals surface area (Å²) in [6.07, 6.45) is 2.59. The fourth-order valence-corrected chi connectivity index (χ4v) is 2.55. The highest BCUT2D eigenvalue weighted by Crippen LogP contribution is 2.23. The zero-order valence-electron chi connectivity index (χ0n) is 8.51. The van der Waals surface area contributed by atoms with Gasteiger partial charge in [0.2, 0.25) is 0 Å². The molecule has 0 saturated heterocycles. The quantitative estimate of drug-likeness (QED) is 0.711. The molecule has 6 nitrogen and oxygen atoms in total. The Morgan fingerprint density at radius 2 is 2.18 bits per heavy atom. The molecule has 2 aromatic rings. The zero-order chi connectivity index (χ0) is 12.5. The first-order chi connectivity index (χ1) is 8.00. The van der Waals surface area contributed by atoms with Crippen molar-refractivity contribution in [2.75, 3.05) is 10.5 Å². The SMILES string of the molecule is Nc1cccc(F)c1S(=O)(=O)Nc1cn[nH]c1. The van der Waals surface area contributed by atoms with E-state index >= 15 is 0 Å². The number of sulfonamides is 1. The fraction of sp³-hybridized carbons (Fsp3) is 0. The fourth-order valence-electron chi connectivity index (χ4n) is 1.32. The lowest BCUT2D eigenvalue weighted by Crippen LogP contribution is -2.16. The summed E-state index contributed by atoms with van der Waals surface area (Å²) in [4.78, 5) is -0.568. The van der Waals surface area contributed by atoms with E-state index in [0.29, 0.717) is 0 Å². The van der Waals surface area contributed by atoms with E-state index in [1.165, 1.54) is 24.5 Å². The minimum Gasteiger partial charge on any atom is -0.398 e. The van der Waals surface area contributed by atoms with Crippen LogP contribution in [0.2, 0.25) is 0 Å². The first kappa shape index (κ1) is 11.4. The highest BCUT2D eigenvalue weighted by molar-refractivity contribution is 7.92. The van der Waals surface area contributed by atoms with Gasteiger partial charge in [0.15, 0.2) is 0 Å². The van der Waals surface area contributed by atoms with Crippen LogP contribution in [0, 0.1) is 5.82 Å². The normalized spacial score (nSPS) is 11.4. The zero-order valence-corrected chi connectivity index (χ0v) is 9.33. The van der Waals surface area contributed by atoms with Gasteiger partial charge in [-0.15, -0.1) is 0 Å². The van der Waals surface area contributed by atoms with Gasteiger partial charge in [0.1, 0.15) is 10.7 Å². The molecule has 1 heterocycles. The molecule has 0 aliphatic rings. The van der Waals surface area contributed by atoms with Gasteiger partial charge >= 0.3 is 0 Å². The second-order valence-corrected chi connectivity index (χ2v) is 4.87. The van der Waals surface area contributed by atoms with Gasteiger partial charge in [-0.3, -0.25) is 9.82 Å². The van der Waals surface area contributed by atoms with Crippen LogP contribution in [0.1, 0.15) is 0 Å². The summed E-state index contributed by atoms with van der Waals surface area (Å²) < 4.78 is 39.3. The third-order valence-electron chi connectivity index (χ3n) is 2.02. The molecule has 8 heteroatoms. The molecular formula is C9H9FN4O2S. The predicted octanol–water partition coefficient (Wildman–Crippen LogP) is 0.932. The molecule has 90 valence electrons. The first-order valence-electron chi connectivity index (χ1n) is 4.56. The number of nitrogens with zero attached hydrogens (tertiary/aromatic N) is 1. The van der Waals surface area contributed by atoms with Gasteiger partial charge in [0.25, 0.3) is 10.0 Å². The number of aromatic amines is 1. The Bertz CT molecular complexity index is 604. The predicted molar refractivity (Wildman–Crippen MR) is 60.2 cm³/mol. The Labute approximate surface area is 96.7 Å². The van der Waals surface area contributed by atoms with Gasteiger partial charge in [-0.05, 0) is 12.1 Å². The molecule has 4 N–H and O–H groups in total. The van der Waals surface area contributed by atoms with Crippen molar-refractivity contribution in [3.8, 4) is 0 Å². The van der Waals surface area contributed by atoms with E-state index in [0.717, 1.165) is 6.07 Å². The monoisotopic (exact) mass is 256 g/mol. The molecule has 0 aliphatic carbocycles. The minimum absolute atomic E-state index is 0.152. The summed E-state index contributed by atoms with van der Waals surface area (Å²) in [6, 6.07) is 3.68. The van der Waals surface area contributed by atoms with Gasteiger partial charge in [0, 0.05) is 6.20 Å². The van der Waals surface area contributed by atoms with E-state index in [9.17, 15) is 12.8 Å². The first-order valence-corrected chi connectivity index (χ1v) is 6.04. The third kappa shape index (κ3) is 2.21. The lowest BCUT2D eigenvalue weighted by molar-refractivity contribution is 0.572. The van der Waals surface area contributed by atoms with Crippen LogP contribution in [0.15, 0.2) is 35.5 Å². The largest absolute Gasteiger partial charge is 0.398 e. The Morgan fingerprint density at radius 1 is 1.41 bits per heavy atom. The maximum Gasteiger partial charge on any atom is 0.266 e. The van der Waals surface area contributed by atoms with Crippen molar-refractivity contribution in [1.29, 1.82) is 0 Å². The average Bonchev–Trinajstić information content (AvgIpc) is 2.68. The van der Waals surface area contributed by atoms with Crippen molar-refractivity contribution >= 4 is 21.4 Å². The summed E-state index contributed by atoms with van der Waals surface area (Å²) in [5, 5.41) is 6.00. The molecule has 17 heavy (non-hydrogen) atoms. The van der Waals surface area contributed by atoms with Gasteiger partial charge in [0.05, 0.1) is 17.6 Å². The molecule has 1 aromatic carbocycles. The Morgan fingerprint density at radius 3 is 2.76 bits per heavy atom. The van der Waals surface area contributed by atoms with Gasteiger partial charge in [-0.2, -0.15) is 5.10 Å². The number of nitrogen functional groups attached to an aromatic ring is 1. The summed E-state index contributed by atoms with van der Waals surface area (Å²) in [5.41, 5.74) is 5.50. The van der Waals surface area contributed by atoms with E-state index in [2.05, 4.69) is 14.9 Å². The summed E-state index contributed by atoms with van der Waals surface area (Å²) >= 11 is 0. The number of benzene rings is 1. The minimum atomic E-state index is -4.05. The maximum absolute atomic E-state index is 13.5. The van der Waals surface area contributed by atoms with Crippen molar-refractivity contribution < 1.29 is 12.8 Å². The van der Waals surface area contributed by atoms with Crippen LogP contribution in [0.3, 0.4) is 0 Å². The van der Waals surface area contributed by atoms with Gasteiger partial charge < -0.3 is 5.73 Å². The molecule has 2 rings (SSSR count). The standard InChI is InChI=1S/C9H9FN4O2S/c10-7-2-1-3-8(11)9(7)17(15,16)14-6-4-12-13-5-6/h1-5,14H,11H2,(H,12,13). The maximum atomic E-state index is 13.5. The lowest BCUT2D eigenvalue weighted by Gasteiger charge is -2.08.